The molecule has 0 atom stereocenters. The standard InChI is InChI=1S/C25H26F6N2O3/c26-24(27,28)35-17-1-3-19(21(13-17)15-5-9-32-10-6-15)23(34)20-4-2-18(36-25(29,30)31)14-22(20)16-7-11-33-12-8-16/h1-4,13-16,32-33H,5-12H2. The second kappa shape index (κ2) is 10.7. The van der Waals surface area contributed by atoms with Gasteiger partial charge >= 0.3 is 12.7 Å². The van der Waals surface area contributed by atoms with Crippen molar-refractivity contribution in [3.8, 4) is 11.5 Å². The van der Waals surface area contributed by atoms with Crippen LogP contribution in [0.2, 0.25) is 0 Å². The monoisotopic (exact) mass is 516 g/mol. The number of halogens is 6. The Kier molecular flexibility index (Phi) is 7.79. The molecule has 11 heteroatoms. The summed E-state index contributed by atoms with van der Waals surface area (Å²) in [7, 11) is 0. The lowest BCUT2D eigenvalue weighted by Gasteiger charge is -2.27. The summed E-state index contributed by atoms with van der Waals surface area (Å²) >= 11 is 0. The number of carbonyl (C=O) groups is 1. The molecule has 2 fully saturated rings. The van der Waals surface area contributed by atoms with Crippen LogP contribution in [0.1, 0.15) is 64.6 Å². The molecule has 2 aromatic carbocycles. The summed E-state index contributed by atoms with van der Waals surface area (Å²) in [5.74, 6) is -1.62. The third kappa shape index (κ3) is 6.70. The molecule has 2 aliphatic rings. The predicted molar refractivity (Wildman–Crippen MR) is 119 cm³/mol. The number of alkyl halides is 6. The maximum Gasteiger partial charge on any atom is 0.573 e. The molecule has 0 saturated carbocycles. The first-order valence-electron chi connectivity index (χ1n) is 11.8. The molecule has 0 aliphatic carbocycles. The van der Waals surface area contributed by atoms with Crippen LogP contribution in [0, 0.1) is 0 Å². The number of benzene rings is 2. The Balaban J connectivity index is 1.76. The zero-order valence-corrected chi connectivity index (χ0v) is 19.3. The van der Waals surface area contributed by atoms with Crippen molar-refractivity contribution in [3.63, 3.8) is 0 Å². The minimum atomic E-state index is -4.88. The predicted octanol–water partition coefficient (Wildman–Crippen LogP) is 5.65. The van der Waals surface area contributed by atoms with Crippen molar-refractivity contribution in [3.05, 3.63) is 58.7 Å². The molecule has 0 unspecified atom stereocenters. The molecule has 2 heterocycles. The van der Waals surface area contributed by atoms with E-state index in [0.29, 0.717) is 63.0 Å². The number of nitrogens with one attached hydrogen (secondary N) is 2. The molecule has 36 heavy (non-hydrogen) atoms. The Morgan fingerprint density at radius 3 is 1.36 bits per heavy atom. The van der Waals surface area contributed by atoms with Gasteiger partial charge in [0.2, 0.25) is 0 Å². The van der Waals surface area contributed by atoms with Crippen LogP contribution in [0.25, 0.3) is 0 Å². The van der Waals surface area contributed by atoms with Crippen LogP contribution in [0.4, 0.5) is 26.3 Å². The fraction of sp³-hybridized carbons (Fsp3) is 0.480. The van der Waals surface area contributed by atoms with Gasteiger partial charge in [0.25, 0.3) is 0 Å². The molecule has 0 aromatic heterocycles. The van der Waals surface area contributed by atoms with Crippen molar-refractivity contribution in [2.24, 2.45) is 0 Å². The van der Waals surface area contributed by atoms with Gasteiger partial charge in [-0.1, -0.05) is 0 Å². The van der Waals surface area contributed by atoms with Crippen LogP contribution in [-0.2, 0) is 0 Å². The van der Waals surface area contributed by atoms with Gasteiger partial charge in [0.1, 0.15) is 11.5 Å². The summed E-state index contributed by atoms with van der Waals surface area (Å²) in [4.78, 5) is 13.8. The summed E-state index contributed by atoms with van der Waals surface area (Å²) in [6.45, 7) is 2.58. The number of ketones is 1. The molecular formula is C25H26F6N2O3. The van der Waals surface area contributed by atoms with Crippen molar-refractivity contribution in [1.29, 1.82) is 0 Å². The van der Waals surface area contributed by atoms with E-state index in [2.05, 4.69) is 20.1 Å². The summed E-state index contributed by atoms with van der Waals surface area (Å²) in [5.41, 5.74) is 1.32. The van der Waals surface area contributed by atoms with Crippen LogP contribution in [0.15, 0.2) is 36.4 Å². The van der Waals surface area contributed by atoms with Gasteiger partial charge in [0.05, 0.1) is 0 Å². The molecule has 0 bridgehead atoms. The van der Waals surface area contributed by atoms with Gasteiger partial charge in [0, 0.05) is 11.1 Å². The van der Waals surface area contributed by atoms with E-state index in [9.17, 15) is 31.1 Å². The molecule has 5 nitrogen and oxygen atoms in total. The largest absolute Gasteiger partial charge is 0.573 e. The quantitative estimate of drug-likeness (QED) is 0.384. The Morgan fingerprint density at radius 1 is 0.667 bits per heavy atom. The minimum absolute atomic E-state index is 0.169. The molecule has 4 rings (SSSR count). The highest BCUT2D eigenvalue weighted by Gasteiger charge is 2.34. The zero-order valence-electron chi connectivity index (χ0n) is 19.3. The second-order valence-corrected chi connectivity index (χ2v) is 8.97. The lowest BCUT2D eigenvalue weighted by Crippen LogP contribution is -2.28. The summed E-state index contributed by atoms with van der Waals surface area (Å²) in [5, 5.41) is 6.37. The van der Waals surface area contributed by atoms with E-state index in [4.69, 9.17) is 0 Å². The first kappa shape index (κ1) is 26.3. The highest BCUT2D eigenvalue weighted by Crippen LogP contribution is 2.37. The Labute approximate surface area is 204 Å². The van der Waals surface area contributed by atoms with Crippen LogP contribution in [-0.4, -0.2) is 44.7 Å². The number of carbonyl (C=O) groups excluding carboxylic acids is 1. The molecular weight excluding hydrogens is 490 g/mol. The van der Waals surface area contributed by atoms with E-state index >= 15 is 0 Å². The molecule has 2 saturated heterocycles. The lowest BCUT2D eigenvalue weighted by molar-refractivity contribution is -0.275. The highest BCUT2D eigenvalue weighted by atomic mass is 19.4. The summed E-state index contributed by atoms with van der Waals surface area (Å²) < 4.78 is 85.3. The molecule has 2 N–H and O–H groups in total. The number of hydrogen-bond donors (Lipinski definition) is 2. The van der Waals surface area contributed by atoms with Crippen LogP contribution < -0.4 is 20.1 Å². The number of ether oxygens (including phenoxy) is 2. The van der Waals surface area contributed by atoms with E-state index in [1.165, 1.54) is 24.3 Å². The molecule has 2 aromatic rings. The molecule has 0 spiro atoms. The van der Waals surface area contributed by atoms with E-state index in [0.717, 1.165) is 12.1 Å². The third-order valence-electron chi connectivity index (χ3n) is 6.56. The fourth-order valence-electron chi connectivity index (χ4n) is 4.98. The number of rotatable bonds is 6. The Morgan fingerprint density at radius 2 is 1.03 bits per heavy atom. The molecule has 2 aliphatic heterocycles. The van der Waals surface area contributed by atoms with E-state index in [-0.39, 0.29) is 23.0 Å². The average Bonchev–Trinajstić information content (AvgIpc) is 2.83. The van der Waals surface area contributed by atoms with E-state index in [1.54, 1.807) is 0 Å². The van der Waals surface area contributed by atoms with Gasteiger partial charge in [-0.2, -0.15) is 0 Å². The van der Waals surface area contributed by atoms with E-state index in [1.807, 2.05) is 0 Å². The fourth-order valence-corrected chi connectivity index (χ4v) is 4.98. The Bertz CT molecular complexity index is 991. The van der Waals surface area contributed by atoms with Crippen LogP contribution in [0.5, 0.6) is 11.5 Å². The highest BCUT2D eigenvalue weighted by molar-refractivity contribution is 6.11. The maximum absolute atomic E-state index is 13.8. The summed E-state index contributed by atoms with van der Waals surface area (Å²) in [6, 6.07) is 7.32. The van der Waals surface area contributed by atoms with Gasteiger partial charge in [-0.25, -0.2) is 0 Å². The summed E-state index contributed by atoms with van der Waals surface area (Å²) in [6.07, 6.45) is -7.28. The topological polar surface area (TPSA) is 59.6 Å². The van der Waals surface area contributed by atoms with Crippen LogP contribution >= 0.6 is 0 Å². The third-order valence-corrected chi connectivity index (χ3v) is 6.56. The van der Waals surface area contributed by atoms with Crippen LogP contribution in [0.3, 0.4) is 0 Å². The van der Waals surface area contributed by atoms with Gasteiger partial charge in [0.15, 0.2) is 5.78 Å². The zero-order chi connectivity index (χ0) is 25.9. The van der Waals surface area contributed by atoms with Crippen molar-refractivity contribution < 1.29 is 40.6 Å². The van der Waals surface area contributed by atoms with Crippen molar-refractivity contribution in [1.82, 2.24) is 10.6 Å². The smallest absolute Gasteiger partial charge is 0.406 e. The number of hydrogen-bond acceptors (Lipinski definition) is 5. The second-order valence-electron chi connectivity index (χ2n) is 8.97. The first-order valence-corrected chi connectivity index (χ1v) is 11.8. The van der Waals surface area contributed by atoms with Gasteiger partial charge < -0.3 is 20.1 Å². The SMILES string of the molecule is O=C(c1ccc(OC(F)(F)F)cc1C1CCNCC1)c1ccc(OC(F)(F)F)cc1C1CCNCC1. The molecule has 0 radical (unpaired) electrons. The molecule has 196 valence electrons. The average molecular weight is 516 g/mol. The Hall–Kier alpha value is -2.79. The van der Waals surface area contributed by atoms with Gasteiger partial charge in [-0.15, -0.1) is 26.3 Å². The van der Waals surface area contributed by atoms with Crippen molar-refractivity contribution in [2.45, 2.75) is 50.2 Å². The molecule has 0 amide bonds. The lowest BCUT2D eigenvalue weighted by atomic mass is 9.81. The minimum Gasteiger partial charge on any atom is -0.406 e. The maximum atomic E-state index is 13.8. The first-order chi connectivity index (χ1) is 17.0. The van der Waals surface area contributed by atoms with Gasteiger partial charge in [-0.05, 0) is 111 Å². The van der Waals surface area contributed by atoms with E-state index < -0.39 is 30.0 Å². The number of piperidine rings is 2. The van der Waals surface area contributed by atoms with Crippen molar-refractivity contribution >= 4 is 5.78 Å². The van der Waals surface area contributed by atoms with Crippen molar-refractivity contribution in [2.75, 3.05) is 26.2 Å². The van der Waals surface area contributed by atoms with Gasteiger partial charge in [-0.3, -0.25) is 4.79 Å². The normalized spacial score (nSPS) is 18.2.